The molecule has 0 aliphatic heterocycles. The summed E-state index contributed by atoms with van der Waals surface area (Å²) in [7, 11) is 2.99. The summed E-state index contributed by atoms with van der Waals surface area (Å²) in [5, 5.41) is 3.25. The highest BCUT2D eigenvalue weighted by Crippen LogP contribution is 2.34. The fourth-order valence-electron chi connectivity index (χ4n) is 1.45. The van der Waals surface area contributed by atoms with Gasteiger partial charge in [0.1, 0.15) is 5.75 Å². The SMILES string of the molecule is COCCNCc1cc(Br)c(OCC(=O)OC)c(Br)c1. The molecule has 0 radical (unpaired) electrons. The summed E-state index contributed by atoms with van der Waals surface area (Å²) < 4.78 is 16.5. The van der Waals surface area contributed by atoms with E-state index in [1.54, 1.807) is 7.11 Å². The molecule has 112 valence electrons. The van der Waals surface area contributed by atoms with Crippen molar-refractivity contribution in [3.8, 4) is 5.75 Å². The molecule has 0 spiro atoms. The lowest BCUT2D eigenvalue weighted by Gasteiger charge is -2.12. The second-order valence-corrected chi connectivity index (χ2v) is 5.63. The number of methoxy groups -OCH3 is 2. The zero-order chi connectivity index (χ0) is 15.0. The summed E-state index contributed by atoms with van der Waals surface area (Å²) >= 11 is 6.87. The third-order valence-corrected chi connectivity index (χ3v) is 3.61. The van der Waals surface area contributed by atoms with Crippen molar-refractivity contribution in [1.82, 2.24) is 5.32 Å². The van der Waals surface area contributed by atoms with Crippen LogP contribution in [0.3, 0.4) is 0 Å². The number of hydrogen-bond acceptors (Lipinski definition) is 5. The number of ether oxygens (including phenoxy) is 3. The van der Waals surface area contributed by atoms with Gasteiger partial charge >= 0.3 is 5.97 Å². The van der Waals surface area contributed by atoms with Crippen LogP contribution in [0.25, 0.3) is 0 Å². The minimum absolute atomic E-state index is 0.126. The van der Waals surface area contributed by atoms with Gasteiger partial charge in [0.25, 0.3) is 0 Å². The first-order valence-electron chi connectivity index (χ1n) is 5.95. The van der Waals surface area contributed by atoms with E-state index in [-0.39, 0.29) is 6.61 Å². The summed E-state index contributed by atoms with van der Waals surface area (Å²) in [5.74, 6) is 0.158. The number of carbonyl (C=O) groups excluding carboxylic acids is 1. The quantitative estimate of drug-likeness (QED) is 0.527. The van der Waals surface area contributed by atoms with Crippen molar-refractivity contribution in [1.29, 1.82) is 0 Å². The lowest BCUT2D eigenvalue weighted by atomic mass is 10.2. The minimum Gasteiger partial charge on any atom is -0.480 e. The van der Waals surface area contributed by atoms with Gasteiger partial charge in [0.05, 0.1) is 22.7 Å². The molecule has 20 heavy (non-hydrogen) atoms. The molecule has 1 aromatic carbocycles. The van der Waals surface area contributed by atoms with Crippen LogP contribution in [0, 0.1) is 0 Å². The van der Waals surface area contributed by atoms with Crippen molar-refractivity contribution in [2.75, 3.05) is 34.0 Å². The van der Waals surface area contributed by atoms with Gasteiger partial charge in [-0.1, -0.05) is 0 Å². The third-order valence-electron chi connectivity index (χ3n) is 2.43. The van der Waals surface area contributed by atoms with Gasteiger partial charge in [-0.15, -0.1) is 0 Å². The molecule has 1 rings (SSSR count). The predicted molar refractivity (Wildman–Crippen MR) is 82.9 cm³/mol. The lowest BCUT2D eigenvalue weighted by Crippen LogP contribution is -2.18. The number of esters is 1. The molecule has 7 heteroatoms. The van der Waals surface area contributed by atoms with Crippen LogP contribution in [-0.4, -0.2) is 39.9 Å². The number of nitrogens with one attached hydrogen (secondary N) is 1. The largest absolute Gasteiger partial charge is 0.480 e. The molecule has 0 aromatic heterocycles. The second-order valence-electron chi connectivity index (χ2n) is 3.92. The third kappa shape index (κ3) is 5.78. The Hall–Kier alpha value is -0.630. The smallest absolute Gasteiger partial charge is 0.343 e. The van der Waals surface area contributed by atoms with E-state index in [2.05, 4.69) is 41.9 Å². The fraction of sp³-hybridized carbons (Fsp3) is 0.462. The monoisotopic (exact) mass is 409 g/mol. The Morgan fingerprint density at radius 1 is 1.25 bits per heavy atom. The van der Waals surface area contributed by atoms with E-state index in [0.29, 0.717) is 12.4 Å². The number of halogens is 2. The Kier molecular flexibility index (Phi) is 8.13. The number of rotatable bonds is 8. The van der Waals surface area contributed by atoms with Gasteiger partial charge < -0.3 is 19.5 Å². The normalized spacial score (nSPS) is 10.4. The average Bonchev–Trinajstić information content (AvgIpc) is 2.42. The first-order valence-corrected chi connectivity index (χ1v) is 7.54. The molecule has 1 N–H and O–H groups in total. The highest BCUT2D eigenvalue weighted by molar-refractivity contribution is 9.11. The maximum atomic E-state index is 11.1. The summed E-state index contributed by atoms with van der Waals surface area (Å²) in [6, 6.07) is 3.88. The summed E-state index contributed by atoms with van der Waals surface area (Å²) in [4.78, 5) is 11.1. The molecule has 0 aliphatic carbocycles. The van der Waals surface area contributed by atoms with Gasteiger partial charge in [0, 0.05) is 20.2 Å². The van der Waals surface area contributed by atoms with Crippen molar-refractivity contribution in [2.45, 2.75) is 6.54 Å². The van der Waals surface area contributed by atoms with Crippen LogP contribution in [0.2, 0.25) is 0 Å². The van der Waals surface area contributed by atoms with Crippen molar-refractivity contribution in [3.05, 3.63) is 26.6 Å². The highest BCUT2D eigenvalue weighted by atomic mass is 79.9. The van der Waals surface area contributed by atoms with E-state index in [4.69, 9.17) is 9.47 Å². The molecule has 0 saturated heterocycles. The predicted octanol–water partition coefficient (Wildman–Crippen LogP) is 2.50. The van der Waals surface area contributed by atoms with Crippen molar-refractivity contribution in [3.63, 3.8) is 0 Å². The molecule has 0 heterocycles. The van der Waals surface area contributed by atoms with Gasteiger partial charge in [-0.05, 0) is 49.6 Å². The van der Waals surface area contributed by atoms with E-state index in [9.17, 15) is 4.79 Å². The van der Waals surface area contributed by atoms with Crippen LogP contribution in [0.1, 0.15) is 5.56 Å². The van der Waals surface area contributed by atoms with Crippen LogP contribution in [-0.2, 0) is 20.8 Å². The van der Waals surface area contributed by atoms with E-state index in [1.165, 1.54) is 7.11 Å². The Labute approximate surface area is 135 Å². The first kappa shape index (κ1) is 17.4. The number of benzene rings is 1. The molecule has 5 nitrogen and oxygen atoms in total. The van der Waals surface area contributed by atoms with Crippen molar-refractivity contribution < 1.29 is 19.0 Å². The maximum absolute atomic E-state index is 11.1. The van der Waals surface area contributed by atoms with Crippen LogP contribution in [0.15, 0.2) is 21.1 Å². The van der Waals surface area contributed by atoms with Crippen LogP contribution < -0.4 is 10.1 Å². The summed E-state index contributed by atoms with van der Waals surface area (Å²) in [6.07, 6.45) is 0. The number of carbonyl (C=O) groups is 1. The molecule has 0 bridgehead atoms. The molecule has 0 unspecified atom stereocenters. The topological polar surface area (TPSA) is 56.8 Å². The van der Waals surface area contributed by atoms with E-state index < -0.39 is 5.97 Å². The summed E-state index contributed by atoms with van der Waals surface area (Å²) in [5.41, 5.74) is 1.09. The minimum atomic E-state index is -0.422. The molecule has 0 aliphatic rings. The lowest BCUT2D eigenvalue weighted by molar-refractivity contribution is -0.142. The Balaban J connectivity index is 2.63. The molecule has 0 atom stereocenters. The molecule has 0 amide bonds. The molecule has 0 fully saturated rings. The highest BCUT2D eigenvalue weighted by Gasteiger charge is 2.11. The van der Waals surface area contributed by atoms with Crippen LogP contribution in [0.5, 0.6) is 5.75 Å². The average molecular weight is 411 g/mol. The van der Waals surface area contributed by atoms with Crippen LogP contribution in [0.4, 0.5) is 0 Å². The van der Waals surface area contributed by atoms with E-state index >= 15 is 0 Å². The van der Waals surface area contributed by atoms with Gasteiger partial charge in [-0.2, -0.15) is 0 Å². The zero-order valence-corrected chi connectivity index (χ0v) is 14.5. The Bertz CT molecular complexity index is 431. The Morgan fingerprint density at radius 3 is 2.45 bits per heavy atom. The number of hydrogen-bond donors (Lipinski definition) is 1. The second kappa shape index (κ2) is 9.33. The van der Waals surface area contributed by atoms with E-state index in [0.717, 1.165) is 27.6 Å². The Morgan fingerprint density at radius 2 is 1.90 bits per heavy atom. The molecule has 1 aromatic rings. The van der Waals surface area contributed by atoms with Gasteiger partial charge in [-0.3, -0.25) is 0 Å². The van der Waals surface area contributed by atoms with Crippen molar-refractivity contribution >= 4 is 37.8 Å². The van der Waals surface area contributed by atoms with Crippen LogP contribution >= 0.6 is 31.9 Å². The summed E-state index contributed by atoms with van der Waals surface area (Å²) in [6.45, 7) is 2.05. The standard InChI is InChI=1S/C13H17Br2NO4/c1-18-4-3-16-7-9-5-10(14)13(11(15)6-9)20-8-12(17)19-2/h5-6,16H,3-4,7-8H2,1-2H3. The molecule has 0 saturated carbocycles. The van der Waals surface area contributed by atoms with Crippen molar-refractivity contribution in [2.24, 2.45) is 0 Å². The molecular weight excluding hydrogens is 394 g/mol. The first-order chi connectivity index (χ1) is 9.58. The van der Waals surface area contributed by atoms with Gasteiger partial charge in [0.15, 0.2) is 6.61 Å². The molecular formula is C13H17Br2NO4. The maximum Gasteiger partial charge on any atom is 0.343 e. The van der Waals surface area contributed by atoms with E-state index in [1.807, 2.05) is 12.1 Å². The fourth-order valence-corrected chi connectivity index (χ4v) is 2.96. The van der Waals surface area contributed by atoms with Gasteiger partial charge in [-0.25, -0.2) is 4.79 Å². The zero-order valence-electron chi connectivity index (χ0n) is 11.4. The van der Waals surface area contributed by atoms with Gasteiger partial charge in [0.2, 0.25) is 0 Å².